The minimum atomic E-state index is -0.869. The predicted molar refractivity (Wildman–Crippen MR) is 79.6 cm³/mol. The Balaban J connectivity index is 2.00. The lowest BCUT2D eigenvalue weighted by Crippen LogP contribution is -2.46. The Labute approximate surface area is 124 Å². The second-order valence-corrected chi connectivity index (χ2v) is 6.86. The number of nitrogens with zero attached hydrogens (tertiary/aromatic N) is 1. The fourth-order valence-electron chi connectivity index (χ4n) is 3.01. The molecular formula is C14H24N2O3S. The lowest BCUT2D eigenvalue weighted by atomic mass is 9.95. The molecule has 5 nitrogen and oxygen atoms in total. The second kappa shape index (κ2) is 7.31. The number of aliphatic carboxylic acids is 1. The molecule has 2 fully saturated rings. The van der Waals surface area contributed by atoms with Gasteiger partial charge >= 0.3 is 5.97 Å². The summed E-state index contributed by atoms with van der Waals surface area (Å²) in [7, 11) is 0. The predicted octanol–water partition coefficient (Wildman–Crippen LogP) is 1.53. The molecule has 0 radical (unpaired) electrons. The number of hydrogen-bond acceptors (Lipinski definition) is 4. The Hall–Kier alpha value is -0.750. The topological polar surface area (TPSA) is 69.6 Å². The molecule has 3 unspecified atom stereocenters. The summed E-state index contributed by atoms with van der Waals surface area (Å²) < 4.78 is 0. The van der Waals surface area contributed by atoms with Crippen LogP contribution in [0.5, 0.6) is 0 Å². The Morgan fingerprint density at radius 1 is 1.45 bits per heavy atom. The fraction of sp³-hybridized carbons (Fsp3) is 0.857. The average molecular weight is 300 g/mol. The van der Waals surface area contributed by atoms with Crippen LogP contribution in [0, 0.1) is 5.92 Å². The molecule has 0 aromatic carbocycles. The third-order valence-electron chi connectivity index (χ3n) is 4.06. The first-order chi connectivity index (χ1) is 9.63. The third-order valence-corrected chi connectivity index (χ3v) is 5.42. The maximum Gasteiger partial charge on any atom is 0.327 e. The van der Waals surface area contributed by atoms with E-state index in [1.165, 1.54) is 0 Å². The van der Waals surface area contributed by atoms with E-state index >= 15 is 0 Å². The molecule has 2 N–H and O–H groups in total. The zero-order valence-corrected chi connectivity index (χ0v) is 12.8. The smallest absolute Gasteiger partial charge is 0.327 e. The Kier molecular flexibility index (Phi) is 5.72. The summed E-state index contributed by atoms with van der Waals surface area (Å²) in [6.07, 6.45) is 4.50. The lowest BCUT2D eigenvalue weighted by Gasteiger charge is -2.30. The van der Waals surface area contributed by atoms with Crippen molar-refractivity contribution in [3.63, 3.8) is 0 Å². The number of carbonyl (C=O) groups excluding carboxylic acids is 1. The molecule has 1 amide bonds. The highest BCUT2D eigenvalue weighted by Gasteiger charge is 2.41. The highest BCUT2D eigenvalue weighted by atomic mass is 32.2. The van der Waals surface area contributed by atoms with Crippen LogP contribution in [0.4, 0.5) is 0 Å². The van der Waals surface area contributed by atoms with Crippen LogP contribution in [0.1, 0.15) is 39.0 Å². The van der Waals surface area contributed by atoms with Gasteiger partial charge in [0.1, 0.15) is 6.04 Å². The number of carboxylic acid groups (broad SMARTS) is 1. The minimum Gasteiger partial charge on any atom is -0.480 e. The van der Waals surface area contributed by atoms with Crippen LogP contribution >= 0.6 is 11.8 Å². The Morgan fingerprint density at radius 3 is 2.85 bits per heavy atom. The quantitative estimate of drug-likeness (QED) is 0.806. The molecular weight excluding hydrogens is 276 g/mol. The van der Waals surface area contributed by atoms with Crippen LogP contribution in [0.3, 0.4) is 0 Å². The van der Waals surface area contributed by atoms with Crippen molar-refractivity contribution >= 4 is 23.6 Å². The molecule has 2 aliphatic rings. The van der Waals surface area contributed by atoms with Gasteiger partial charge in [-0.1, -0.05) is 13.3 Å². The van der Waals surface area contributed by atoms with Crippen molar-refractivity contribution in [2.45, 2.75) is 50.4 Å². The Bertz CT molecular complexity index is 358. The molecule has 0 aliphatic carbocycles. The van der Waals surface area contributed by atoms with Crippen LogP contribution in [-0.2, 0) is 9.59 Å². The van der Waals surface area contributed by atoms with E-state index in [0.29, 0.717) is 18.1 Å². The number of nitrogens with one attached hydrogen (secondary N) is 1. The molecule has 114 valence electrons. The highest BCUT2D eigenvalue weighted by molar-refractivity contribution is 8.00. The van der Waals surface area contributed by atoms with E-state index in [1.54, 1.807) is 16.7 Å². The SMILES string of the molecule is CCCC1SCC(C(=O)O)N1C(=O)CC1CCCNC1. The summed E-state index contributed by atoms with van der Waals surface area (Å²) in [6, 6.07) is -0.638. The lowest BCUT2D eigenvalue weighted by molar-refractivity contribution is -0.149. The van der Waals surface area contributed by atoms with Gasteiger partial charge in [-0.05, 0) is 38.3 Å². The number of amides is 1. The zero-order chi connectivity index (χ0) is 14.5. The zero-order valence-electron chi connectivity index (χ0n) is 12.0. The van der Waals surface area contributed by atoms with E-state index in [4.69, 9.17) is 0 Å². The first kappa shape index (κ1) is 15.6. The average Bonchev–Trinajstić information content (AvgIpc) is 2.84. The molecule has 0 aromatic heterocycles. The third kappa shape index (κ3) is 3.67. The summed E-state index contributed by atoms with van der Waals surface area (Å²) in [5, 5.41) is 12.7. The molecule has 20 heavy (non-hydrogen) atoms. The highest BCUT2D eigenvalue weighted by Crippen LogP contribution is 2.33. The van der Waals surface area contributed by atoms with Gasteiger partial charge in [-0.15, -0.1) is 11.8 Å². The molecule has 0 aromatic rings. The summed E-state index contributed by atoms with van der Waals surface area (Å²) in [5.74, 6) is 0.0358. The summed E-state index contributed by atoms with van der Waals surface area (Å²) in [4.78, 5) is 25.5. The number of rotatable bonds is 5. The molecule has 0 saturated carbocycles. The van der Waals surface area contributed by atoms with Crippen molar-refractivity contribution < 1.29 is 14.7 Å². The van der Waals surface area contributed by atoms with Gasteiger partial charge < -0.3 is 15.3 Å². The minimum absolute atomic E-state index is 0.0227. The van der Waals surface area contributed by atoms with Gasteiger partial charge in [0, 0.05) is 12.2 Å². The molecule has 2 saturated heterocycles. The standard InChI is InChI=1S/C14H24N2O3S/c1-2-4-13-16(11(9-20-13)14(18)19)12(17)7-10-5-3-6-15-8-10/h10-11,13,15H,2-9H2,1H3,(H,18,19). The number of carboxylic acids is 1. The van der Waals surface area contributed by atoms with Gasteiger partial charge in [-0.25, -0.2) is 4.79 Å². The molecule has 2 aliphatic heterocycles. The van der Waals surface area contributed by atoms with Gasteiger partial charge in [0.05, 0.1) is 5.37 Å². The number of hydrogen-bond donors (Lipinski definition) is 2. The van der Waals surface area contributed by atoms with Crippen LogP contribution in [-0.4, -0.2) is 52.1 Å². The van der Waals surface area contributed by atoms with Gasteiger partial charge in [-0.2, -0.15) is 0 Å². The molecule has 6 heteroatoms. The molecule has 0 spiro atoms. The van der Waals surface area contributed by atoms with Crippen LogP contribution in [0.15, 0.2) is 0 Å². The molecule has 0 bridgehead atoms. The van der Waals surface area contributed by atoms with Crippen molar-refractivity contribution in [1.82, 2.24) is 10.2 Å². The summed E-state index contributed by atoms with van der Waals surface area (Å²) >= 11 is 1.61. The Morgan fingerprint density at radius 2 is 2.25 bits per heavy atom. The summed E-state index contributed by atoms with van der Waals surface area (Å²) in [5.41, 5.74) is 0. The van der Waals surface area contributed by atoms with E-state index in [-0.39, 0.29) is 11.3 Å². The monoisotopic (exact) mass is 300 g/mol. The number of thioether (sulfide) groups is 1. The maximum atomic E-state index is 12.5. The van der Waals surface area contributed by atoms with E-state index in [0.717, 1.165) is 38.8 Å². The van der Waals surface area contributed by atoms with Crippen molar-refractivity contribution in [3.05, 3.63) is 0 Å². The first-order valence-electron chi connectivity index (χ1n) is 7.49. The first-order valence-corrected chi connectivity index (χ1v) is 8.54. The van der Waals surface area contributed by atoms with Crippen molar-refractivity contribution in [2.75, 3.05) is 18.8 Å². The van der Waals surface area contributed by atoms with Crippen LogP contribution in [0.25, 0.3) is 0 Å². The maximum absolute atomic E-state index is 12.5. The van der Waals surface area contributed by atoms with E-state index in [2.05, 4.69) is 12.2 Å². The number of piperidine rings is 1. The van der Waals surface area contributed by atoms with Gasteiger partial charge in [0.2, 0.25) is 5.91 Å². The van der Waals surface area contributed by atoms with Gasteiger partial charge in [0.25, 0.3) is 0 Å². The molecule has 2 heterocycles. The van der Waals surface area contributed by atoms with Gasteiger partial charge in [-0.3, -0.25) is 4.79 Å². The van der Waals surface area contributed by atoms with Gasteiger partial charge in [0.15, 0.2) is 0 Å². The van der Waals surface area contributed by atoms with E-state index in [9.17, 15) is 14.7 Å². The second-order valence-electron chi connectivity index (χ2n) is 5.65. The molecule has 2 rings (SSSR count). The van der Waals surface area contributed by atoms with E-state index < -0.39 is 12.0 Å². The van der Waals surface area contributed by atoms with Crippen LogP contribution < -0.4 is 5.32 Å². The number of carbonyl (C=O) groups is 2. The van der Waals surface area contributed by atoms with Crippen molar-refractivity contribution in [2.24, 2.45) is 5.92 Å². The molecule has 3 atom stereocenters. The van der Waals surface area contributed by atoms with Crippen LogP contribution in [0.2, 0.25) is 0 Å². The fourth-order valence-corrected chi connectivity index (χ4v) is 4.54. The van der Waals surface area contributed by atoms with E-state index in [1.807, 2.05) is 0 Å². The summed E-state index contributed by atoms with van der Waals surface area (Å²) in [6.45, 7) is 3.98. The normalized spacial score (nSPS) is 30.4. The van der Waals surface area contributed by atoms with Crippen molar-refractivity contribution in [1.29, 1.82) is 0 Å². The largest absolute Gasteiger partial charge is 0.480 e. The van der Waals surface area contributed by atoms with Crippen molar-refractivity contribution in [3.8, 4) is 0 Å².